The lowest BCUT2D eigenvalue weighted by atomic mass is 10.00. The molecule has 1 nitrogen and oxygen atoms in total. The van der Waals surface area contributed by atoms with E-state index in [9.17, 15) is 13.2 Å². The number of nitrogens with one attached hydrogen (secondary N) is 1. The summed E-state index contributed by atoms with van der Waals surface area (Å²) in [5.74, 6) is 0. The molecule has 1 aromatic rings. The summed E-state index contributed by atoms with van der Waals surface area (Å²) in [6.45, 7) is 4.94. The van der Waals surface area contributed by atoms with Gasteiger partial charge in [0.15, 0.2) is 0 Å². The standard InChI is InChI=1S/C16H24F3N/c1-3-11-20-15(5-4-10-16(17,18)19)12-14-8-6-13(2)7-9-14/h6-9,15,20H,3-5,10-12H2,1-2H3. The lowest BCUT2D eigenvalue weighted by Gasteiger charge is -2.19. The highest BCUT2D eigenvalue weighted by molar-refractivity contribution is 5.22. The fourth-order valence-electron chi connectivity index (χ4n) is 2.18. The molecule has 0 saturated heterocycles. The van der Waals surface area contributed by atoms with Crippen molar-refractivity contribution in [3.63, 3.8) is 0 Å². The maximum absolute atomic E-state index is 12.2. The molecule has 0 spiro atoms. The lowest BCUT2D eigenvalue weighted by molar-refractivity contribution is -0.135. The van der Waals surface area contributed by atoms with E-state index in [-0.39, 0.29) is 12.5 Å². The normalized spacial score (nSPS) is 13.4. The van der Waals surface area contributed by atoms with Gasteiger partial charge in [-0.25, -0.2) is 0 Å². The lowest BCUT2D eigenvalue weighted by Crippen LogP contribution is -2.32. The molecule has 0 radical (unpaired) electrons. The molecule has 0 heterocycles. The fraction of sp³-hybridized carbons (Fsp3) is 0.625. The molecule has 0 aromatic heterocycles. The van der Waals surface area contributed by atoms with Crippen LogP contribution in [0.25, 0.3) is 0 Å². The van der Waals surface area contributed by atoms with E-state index in [0.717, 1.165) is 19.4 Å². The monoisotopic (exact) mass is 287 g/mol. The Hall–Kier alpha value is -1.03. The Bertz CT molecular complexity index is 370. The minimum absolute atomic E-state index is 0.125. The minimum atomic E-state index is -4.04. The quantitative estimate of drug-likeness (QED) is 0.734. The molecule has 0 aliphatic rings. The summed E-state index contributed by atoms with van der Waals surface area (Å²) < 4.78 is 36.6. The van der Waals surface area contributed by atoms with Crippen LogP contribution in [0.5, 0.6) is 0 Å². The van der Waals surface area contributed by atoms with Gasteiger partial charge in [0.1, 0.15) is 0 Å². The molecule has 1 unspecified atom stereocenters. The highest BCUT2D eigenvalue weighted by atomic mass is 19.4. The van der Waals surface area contributed by atoms with Gasteiger partial charge >= 0.3 is 6.18 Å². The Morgan fingerprint density at radius 3 is 2.35 bits per heavy atom. The minimum Gasteiger partial charge on any atom is -0.314 e. The van der Waals surface area contributed by atoms with Gasteiger partial charge in [0.25, 0.3) is 0 Å². The molecule has 1 rings (SSSR count). The van der Waals surface area contributed by atoms with Crippen molar-refractivity contribution in [1.82, 2.24) is 5.32 Å². The molecule has 0 aliphatic heterocycles. The Morgan fingerprint density at radius 1 is 1.15 bits per heavy atom. The second-order valence-electron chi connectivity index (χ2n) is 5.35. The average Bonchev–Trinajstić information content (AvgIpc) is 2.37. The Kier molecular flexibility index (Phi) is 7.06. The summed E-state index contributed by atoms with van der Waals surface area (Å²) >= 11 is 0. The predicted molar refractivity (Wildman–Crippen MR) is 76.9 cm³/mol. The third-order valence-electron chi connectivity index (χ3n) is 3.30. The molecule has 4 heteroatoms. The van der Waals surface area contributed by atoms with Crippen LogP contribution in [0.4, 0.5) is 13.2 Å². The molecule has 0 bridgehead atoms. The van der Waals surface area contributed by atoms with Crippen molar-refractivity contribution in [3.8, 4) is 0 Å². The molecule has 0 saturated carbocycles. The van der Waals surface area contributed by atoms with Crippen molar-refractivity contribution in [2.45, 2.75) is 58.2 Å². The Labute approximate surface area is 119 Å². The van der Waals surface area contributed by atoms with E-state index in [1.165, 1.54) is 11.1 Å². The summed E-state index contributed by atoms with van der Waals surface area (Å²) in [4.78, 5) is 0. The van der Waals surface area contributed by atoms with Crippen molar-refractivity contribution in [3.05, 3.63) is 35.4 Å². The topological polar surface area (TPSA) is 12.0 Å². The molecule has 114 valence electrons. The van der Waals surface area contributed by atoms with E-state index in [1.54, 1.807) is 0 Å². The Balaban J connectivity index is 2.48. The van der Waals surface area contributed by atoms with Gasteiger partial charge in [0.2, 0.25) is 0 Å². The highest BCUT2D eigenvalue weighted by Gasteiger charge is 2.26. The first-order chi connectivity index (χ1) is 9.40. The summed E-state index contributed by atoms with van der Waals surface area (Å²) in [5, 5.41) is 3.35. The van der Waals surface area contributed by atoms with Gasteiger partial charge in [-0.3, -0.25) is 0 Å². The SMILES string of the molecule is CCCNC(CCCC(F)(F)F)Cc1ccc(C)cc1. The van der Waals surface area contributed by atoms with Crippen molar-refractivity contribution in [1.29, 1.82) is 0 Å². The average molecular weight is 287 g/mol. The van der Waals surface area contributed by atoms with Crippen LogP contribution in [-0.4, -0.2) is 18.8 Å². The van der Waals surface area contributed by atoms with E-state index < -0.39 is 12.6 Å². The van der Waals surface area contributed by atoms with Crippen LogP contribution in [0, 0.1) is 6.92 Å². The van der Waals surface area contributed by atoms with Crippen molar-refractivity contribution >= 4 is 0 Å². The van der Waals surface area contributed by atoms with E-state index in [4.69, 9.17) is 0 Å². The summed E-state index contributed by atoms with van der Waals surface area (Å²) in [6.07, 6.45) is -2.20. The number of rotatable bonds is 8. The molecule has 0 fully saturated rings. The number of halogens is 3. The molecule has 0 amide bonds. The van der Waals surface area contributed by atoms with Gasteiger partial charge in [0, 0.05) is 12.5 Å². The Morgan fingerprint density at radius 2 is 1.80 bits per heavy atom. The molecule has 1 aromatic carbocycles. The first kappa shape index (κ1) is 17.0. The number of hydrogen-bond acceptors (Lipinski definition) is 1. The summed E-state index contributed by atoms with van der Waals surface area (Å²) in [7, 11) is 0. The van der Waals surface area contributed by atoms with Crippen LogP contribution >= 0.6 is 0 Å². The zero-order chi connectivity index (χ0) is 15.0. The van der Waals surface area contributed by atoms with Crippen LogP contribution in [0.3, 0.4) is 0 Å². The first-order valence-corrected chi connectivity index (χ1v) is 7.26. The largest absolute Gasteiger partial charge is 0.389 e. The summed E-state index contributed by atoms with van der Waals surface area (Å²) in [5.41, 5.74) is 2.38. The molecule has 0 aliphatic carbocycles. The van der Waals surface area contributed by atoms with E-state index in [1.807, 2.05) is 19.1 Å². The van der Waals surface area contributed by atoms with Crippen LogP contribution in [0.1, 0.15) is 43.7 Å². The van der Waals surface area contributed by atoms with Gasteiger partial charge in [-0.2, -0.15) is 13.2 Å². The van der Waals surface area contributed by atoms with Crippen molar-refractivity contribution < 1.29 is 13.2 Å². The van der Waals surface area contributed by atoms with E-state index in [2.05, 4.69) is 24.4 Å². The number of hydrogen-bond donors (Lipinski definition) is 1. The van der Waals surface area contributed by atoms with Crippen LogP contribution < -0.4 is 5.32 Å². The van der Waals surface area contributed by atoms with E-state index >= 15 is 0 Å². The maximum Gasteiger partial charge on any atom is 0.389 e. The number of aryl methyl sites for hydroxylation is 1. The maximum atomic E-state index is 12.2. The molecule has 20 heavy (non-hydrogen) atoms. The van der Waals surface area contributed by atoms with Crippen molar-refractivity contribution in [2.24, 2.45) is 0 Å². The van der Waals surface area contributed by atoms with Gasteiger partial charge in [-0.1, -0.05) is 36.8 Å². The van der Waals surface area contributed by atoms with Gasteiger partial charge in [0.05, 0.1) is 0 Å². The third-order valence-corrected chi connectivity index (χ3v) is 3.30. The molecular formula is C16H24F3N. The van der Waals surface area contributed by atoms with Crippen molar-refractivity contribution in [2.75, 3.05) is 6.54 Å². The molecule has 1 atom stereocenters. The second kappa shape index (κ2) is 8.30. The molecular weight excluding hydrogens is 263 g/mol. The van der Waals surface area contributed by atoms with E-state index in [0.29, 0.717) is 6.42 Å². The zero-order valence-corrected chi connectivity index (χ0v) is 12.3. The third kappa shape index (κ3) is 7.53. The zero-order valence-electron chi connectivity index (χ0n) is 12.3. The fourth-order valence-corrected chi connectivity index (χ4v) is 2.18. The van der Waals surface area contributed by atoms with Crippen LogP contribution in [-0.2, 0) is 6.42 Å². The first-order valence-electron chi connectivity index (χ1n) is 7.26. The summed E-state index contributed by atoms with van der Waals surface area (Å²) in [6, 6.07) is 8.32. The predicted octanol–water partition coefficient (Wildman–Crippen LogP) is 4.64. The molecule has 1 N–H and O–H groups in total. The van der Waals surface area contributed by atoms with Gasteiger partial charge in [-0.05, 0) is 44.7 Å². The van der Waals surface area contributed by atoms with Gasteiger partial charge in [-0.15, -0.1) is 0 Å². The smallest absolute Gasteiger partial charge is 0.314 e. The number of alkyl halides is 3. The second-order valence-corrected chi connectivity index (χ2v) is 5.35. The highest BCUT2D eigenvalue weighted by Crippen LogP contribution is 2.23. The van der Waals surface area contributed by atoms with Crippen LogP contribution in [0.2, 0.25) is 0 Å². The van der Waals surface area contributed by atoms with Gasteiger partial charge < -0.3 is 5.32 Å². The van der Waals surface area contributed by atoms with Crippen LogP contribution in [0.15, 0.2) is 24.3 Å². The number of benzene rings is 1.